The van der Waals surface area contributed by atoms with Gasteiger partial charge in [0.05, 0.1) is 0 Å². The topological polar surface area (TPSA) is 0 Å². The van der Waals surface area contributed by atoms with E-state index in [-0.39, 0.29) is 0 Å². The van der Waals surface area contributed by atoms with Crippen LogP contribution in [0.4, 0.5) is 0 Å². The molecule has 0 aromatic rings. The summed E-state index contributed by atoms with van der Waals surface area (Å²) in [4.78, 5) is 0. The van der Waals surface area contributed by atoms with Crippen LogP contribution in [0.1, 0.15) is 124 Å². The normalized spacial score (nSPS) is 26.6. The Morgan fingerprint density at radius 3 is 1.75 bits per heavy atom. The zero-order valence-corrected chi connectivity index (χ0v) is 17.1. The molecule has 0 aromatic carbocycles. The van der Waals surface area contributed by atoms with Crippen LogP contribution in [-0.4, -0.2) is 0 Å². The lowest BCUT2D eigenvalue weighted by Gasteiger charge is -2.43. The van der Waals surface area contributed by atoms with Crippen LogP contribution in [0.25, 0.3) is 0 Å². The molecule has 2 rings (SSSR count). The highest BCUT2D eigenvalue weighted by molar-refractivity contribution is 4.95. The summed E-state index contributed by atoms with van der Waals surface area (Å²) >= 11 is 0. The van der Waals surface area contributed by atoms with Gasteiger partial charge < -0.3 is 0 Å². The summed E-state index contributed by atoms with van der Waals surface area (Å²) < 4.78 is 0. The highest BCUT2D eigenvalue weighted by atomic mass is 14.4. The van der Waals surface area contributed by atoms with Gasteiger partial charge in [-0.05, 0) is 48.9 Å². The van der Waals surface area contributed by atoms with Crippen molar-refractivity contribution in [2.45, 2.75) is 124 Å². The molecule has 0 aromatic heterocycles. The average Bonchev–Trinajstić information content (AvgIpc) is 2.52. The zero-order chi connectivity index (χ0) is 17.3. The van der Waals surface area contributed by atoms with Gasteiger partial charge in [-0.2, -0.15) is 0 Å². The van der Waals surface area contributed by atoms with Crippen LogP contribution in [0.15, 0.2) is 0 Å². The van der Waals surface area contributed by atoms with Gasteiger partial charge in [0.15, 0.2) is 0 Å². The molecule has 2 aliphatic rings. The average molecular weight is 334 g/mol. The molecule has 0 nitrogen and oxygen atoms in total. The molecule has 0 spiro atoms. The summed E-state index contributed by atoms with van der Waals surface area (Å²) in [6.07, 6.45) is 26.4. The van der Waals surface area contributed by atoms with Gasteiger partial charge in [0, 0.05) is 0 Å². The Kier molecular flexibility index (Phi) is 9.20. The van der Waals surface area contributed by atoms with E-state index in [9.17, 15) is 0 Å². The van der Waals surface area contributed by atoms with Crippen molar-refractivity contribution in [3.63, 3.8) is 0 Å². The first-order valence-corrected chi connectivity index (χ1v) is 11.5. The third-order valence-electron chi connectivity index (χ3n) is 7.90. The van der Waals surface area contributed by atoms with Crippen molar-refractivity contribution in [1.29, 1.82) is 0 Å². The molecular formula is C24H45. The first-order valence-electron chi connectivity index (χ1n) is 11.5. The van der Waals surface area contributed by atoms with Gasteiger partial charge in [-0.15, -0.1) is 0 Å². The molecule has 2 saturated carbocycles. The van der Waals surface area contributed by atoms with Gasteiger partial charge >= 0.3 is 0 Å². The lowest BCUT2D eigenvalue weighted by molar-refractivity contribution is 0.104. The van der Waals surface area contributed by atoms with Crippen molar-refractivity contribution in [3.05, 3.63) is 6.42 Å². The Labute approximate surface area is 153 Å². The maximum absolute atomic E-state index is 2.60. The second-order valence-corrected chi connectivity index (χ2v) is 9.39. The predicted octanol–water partition coefficient (Wildman–Crippen LogP) is 8.35. The fourth-order valence-electron chi connectivity index (χ4n) is 5.63. The van der Waals surface area contributed by atoms with Gasteiger partial charge in [0.25, 0.3) is 0 Å². The quantitative estimate of drug-likeness (QED) is 0.458. The minimum Gasteiger partial charge on any atom is -0.0620 e. The van der Waals surface area contributed by atoms with E-state index < -0.39 is 0 Å². The van der Waals surface area contributed by atoms with Gasteiger partial charge in [-0.3, -0.25) is 0 Å². The van der Waals surface area contributed by atoms with Crippen LogP contribution in [0.2, 0.25) is 0 Å². The lowest BCUT2D eigenvalue weighted by atomic mass is 9.62. The van der Waals surface area contributed by atoms with E-state index in [1.807, 2.05) is 0 Å². The molecular weight excluding hydrogens is 288 g/mol. The van der Waals surface area contributed by atoms with E-state index in [0.717, 1.165) is 17.8 Å². The Morgan fingerprint density at radius 2 is 1.25 bits per heavy atom. The van der Waals surface area contributed by atoms with Crippen LogP contribution < -0.4 is 0 Å². The van der Waals surface area contributed by atoms with Crippen molar-refractivity contribution in [2.75, 3.05) is 0 Å². The number of hydrogen-bond donors (Lipinski definition) is 0. The van der Waals surface area contributed by atoms with Crippen molar-refractivity contribution in [3.8, 4) is 0 Å². The summed E-state index contributed by atoms with van der Waals surface area (Å²) in [5, 5.41) is 0. The van der Waals surface area contributed by atoms with E-state index in [4.69, 9.17) is 0 Å². The van der Waals surface area contributed by atoms with Crippen molar-refractivity contribution < 1.29 is 0 Å². The van der Waals surface area contributed by atoms with Gasteiger partial charge in [-0.25, -0.2) is 0 Å². The molecule has 2 unspecified atom stereocenters. The first-order chi connectivity index (χ1) is 11.7. The van der Waals surface area contributed by atoms with E-state index in [1.54, 1.807) is 0 Å². The maximum Gasteiger partial charge on any atom is -0.0243 e. The molecule has 0 heteroatoms. The monoisotopic (exact) mass is 333 g/mol. The summed E-state index contributed by atoms with van der Waals surface area (Å²) in [5.41, 5.74) is 0.471. The fourth-order valence-corrected chi connectivity index (χ4v) is 5.63. The molecule has 0 bridgehead atoms. The minimum absolute atomic E-state index is 0.471. The zero-order valence-electron chi connectivity index (χ0n) is 17.1. The van der Waals surface area contributed by atoms with Gasteiger partial charge in [-0.1, -0.05) is 104 Å². The van der Waals surface area contributed by atoms with E-state index in [1.165, 1.54) is 103 Å². The Morgan fingerprint density at radius 1 is 0.792 bits per heavy atom. The summed E-state index contributed by atoms with van der Waals surface area (Å²) in [6, 6.07) is 0. The van der Waals surface area contributed by atoms with E-state index in [2.05, 4.69) is 27.2 Å². The minimum atomic E-state index is 0.471. The van der Waals surface area contributed by atoms with E-state index >= 15 is 0 Å². The van der Waals surface area contributed by atoms with Crippen LogP contribution in [0, 0.1) is 29.6 Å². The smallest absolute Gasteiger partial charge is 0.0243 e. The lowest BCUT2D eigenvalue weighted by Crippen LogP contribution is -2.35. The summed E-state index contributed by atoms with van der Waals surface area (Å²) in [5.74, 6) is 2.83. The third-order valence-corrected chi connectivity index (χ3v) is 7.90. The maximum atomic E-state index is 2.60. The molecule has 141 valence electrons. The molecule has 0 heterocycles. The first kappa shape index (κ1) is 20.3. The highest BCUT2D eigenvalue weighted by Crippen LogP contribution is 2.46. The molecule has 2 fully saturated rings. The van der Waals surface area contributed by atoms with Crippen molar-refractivity contribution in [1.82, 2.24) is 0 Å². The van der Waals surface area contributed by atoms with Crippen molar-refractivity contribution >= 4 is 0 Å². The number of rotatable bonds is 6. The molecule has 2 aliphatic carbocycles. The van der Waals surface area contributed by atoms with Crippen LogP contribution in [0.3, 0.4) is 0 Å². The Bertz CT molecular complexity index is 304. The number of hydrogen-bond acceptors (Lipinski definition) is 0. The molecule has 0 aliphatic heterocycles. The van der Waals surface area contributed by atoms with Crippen molar-refractivity contribution in [2.24, 2.45) is 23.2 Å². The SMILES string of the molecule is C[CH]C(C)(C(C)CCC1CCCCCCC1)C1CCCCCCC1. The molecule has 0 N–H and O–H groups in total. The van der Waals surface area contributed by atoms with E-state index in [0.29, 0.717) is 5.41 Å². The summed E-state index contributed by atoms with van der Waals surface area (Å²) in [7, 11) is 0. The summed E-state index contributed by atoms with van der Waals surface area (Å²) in [6.45, 7) is 7.52. The Balaban J connectivity index is 1.86. The molecule has 1 radical (unpaired) electrons. The second kappa shape index (κ2) is 10.9. The largest absolute Gasteiger partial charge is 0.0620 e. The predicted molar refractivity (Wildman–Crippen MR) is 108 cm³/mol. The van der Waals surface area contributed by atoms with Gasteiger partial charge in [0.1, 0.15) is 0 Å². The standard InChI is InChI=1S/C24H45/c1-4-24(3,23-17-13-9-6-10-14-18-23)21(2)19-20-22-15-11-7-5-8-12-16-22/h4,21-23H,5-20H2,1-3H3. The molecule has 0 saturated heterocycles. The molecule has 2 atom stereocenters. The molecule has 0 amide bonds. The third kappa shape index (κ3) is 6.06. The Hall–Kier alpha value is 0. The molecule has 24 heavy (non-hydrogen) atoms. The van der Waals surface area contributed by atoms with Crippen LogP contribution in [0.5, 0.6) is 0 Å². The highest BCUT2D eigenvalue weighted by Gasteiger charge is 2.37. The van der Waals surface area contributed by atoms with Crippen LogP contribution in [-0.2, 0) is 0 Å². The fraction of sp³-hybridized carbons (Fsp3) is 0.958. The van der Waals surface area contributed by atoms with Crippen LogP contribution >= 0.6 is 0 Å². The van der Waals surface area contributed by atoms with Gasteiger partial charge in [0.2, 0.25) is 0 Å². The second-order valence-electron chi connectivity index (χ2n) is 9.39.